The van der Waals surface area contributed by atoms with E-state index in [4.69, 9.17) is 0 Å². The van der Waals surface area contributed by atoms with Gasteiger partial charge in [0.15, 0.2) is 0 Å². The summed E-state index contributed by atoms with van der Waals surface area (Å²) in [5, 5.41) is 0. The van der Waals surface area contributed by atoms with Crippen molar-refractivity contribution < 1.29 is 26.3 Å². The van der Waals surface area contributed by atoms with Crippen LogP contribution in [-0.4, -0.2) is 69.2 Å². The van der Waals surface area contributed by atoms with Crippen LogP contribution < -0.4 is 9.80 Å². The lowest BCUT2D eigenvalue weighted by Gasteiger charge is -2.38. The predicted molar refractivity (Wildman–Crippen MR) is 136 cm³/mol. The number of rotatable bonds is 4. The number of benzene rings is 2. The van der Waals surface area contributed by atoms with Crippen LogP contribution >= 0.6 is 0 Å². The molecule has 3 aliphatic heterocycles. The van der Waals surface area contributed by atoms with E-state index in [0.717, 1.165) is 63.3 Å². The van der Waals surface area contributed by atoms with Gasteiger partial charge >= 0.3 is 12.4 Å². The van der Waals surface area contributed by atoms with Crippen molar-refractivity contribution in [3.8, 4) is 0 Å². The number of piperazine rings is 1. The van der Waals surface area contributed by atoms with E-state index in [9.17, 15) is 26.3 Å². The molecule has 0 aliphatic carbocycles. The van der Waals surface area contributed by atoms with E-state index < -0.39 is 23.5 Å². The summed E-state index contributed by atoms with van der Waals surface area (Å²) >= 11 is 0. The van der Waals surface area contributed by atoms with E-state index in [0.29, 0.717) is 31.9 Å². The van der Waals surface area contributed by atoms with Crippen LogP contribution in [0.3, 0.4) is 0 Å². The Balaban J connectivity index is 1.26. The largest absolute Gasteiger partial charge is 0.416 e. The number of hydrogen-bond acceptors (Lipinski definition) is 4. The van der Waals surface area contributed by atoms with Gasteiger partial charge in [0.25, 0.3) is 0 Å². The van der Waals surface area contributed by atoms with Crippen LogP contribution in [0, 0.1) is 5.41 Å². The number of hydrogen-bond donors (Lipinski definition) is 0. The number of nitrogens with zero attached hydrogens (tertiary/aromatic N) is 4. The number of piperidine rings is 1. The zero-order chi connectivity index (χ0) is 27.1. The lowest BCUT2D eigenvalue weighted by Crippen LogP contribution is -2.46. The van der Waals surface area contributed by atoms with Crippen molar-refractivity contribution in [2.45, 2.75) is 38.2 Å². The summed E-state index contributed by atoms with van der Waals surface area (Å²) < 4.78 is 80.3. The van der Waals surface area contributed by atoms with E-state index in [1.165, 1.54) is 18.2 Å². The van der Waals surface area contributed by atoms with E-state index in [1.807, 2.05) is 9.80 Å². The molecule has 4 nitrogen and oxygen atoms in total. The van der Waals surface area contributed by atoms with Gasteiger partial charge in [0.2, 0.25) is 0 Å². The topological polar surface area (TPSA) is 13.0 Å². The molecule has 0 N–H and O–H groups in total. The van der Waals surface area contributed by atoms with E-state index in [1.54, 1.807) is 12.1 Å². The van der Waals surface area contributed by atoms with Crippen molar-refractivity contribution in [1.29, 1.82) is 0 Å². The van der Waals surface area contributed by atoms with Gasteiger partial charge in [-0.25, -0.2) is 0 Å². The van der Waals surface area contributed by atoms with Crippen molar-refractivity contribution in [2.75, 3.05) is 69.2 Å². The fourth-order valence-corrected chi connectivity index (χ4v) is 6.11. The predicted octanol–water partition coefficient (Wildman–Crippen LogP) is 5.97. The molecular formula is C28H34F6N4. The van der Waals surface area contributed by atoms with Gasteiger partial charge in [-0.05, 0) is 92.8 Å². The summed E-state index contributed by atoms with van der Waals surface area (Å²) in [6.45, 7) is 6.19. The van der Waals surface area contributed by atoms with E-state index in [2.05, 4.69) is 16.8 Å². The van der Waals surface area contributed by atoms with Crippen LogP contribution in [0.1, 0.15) is 36.0 Å². The number of halogens is 6. The Morgan fingerprint density at radius 2 is 1.29 bits per heavy atom. The summed E-state index contributed by atoms with van der Waals surface area (Å²) in [6, 6.07) is 9.60. The zero-order valence-corrected chi connectivity index (χ0v) is 21.6. The molecule has 3 fully saturated rings. The fraction of sp³-hybridized carbons (Fsp3) is 0.571. The lowest BCUT2D eigenvalue weighted by molar-refractivity contribution is -0.139. The Hall–Kier alpha value is -2.46. The first-order valence-corrected chi connectivity index (χ1v) is 13.2. The first-order valence-electron chi connectivity index (χ1n) is 13.2. The van der Waals surface area contributed by atoms with Gasteiger partial charge in [0.1, 0.15) is 0 Å². The standard InChI is InChI=1S/C28H34F6N4/c1-35-11-8-26(9-12-35)10-13-38(20-26)24-6-7-25(28(32,33)34)21(18-24)19-36-14-16-37(17-15-36)23-4-2-22(3-5-23)27(29,30)31/h2-7,18H,8-17,19-20H2,1H3. The minimum Gasteiger partial charge on any atom is -0.371 e. The average molecular weight is 541 g/mol. The molecule has 3 heterocycles. The molecule has 0 amide bonds. The molecule has 0 saturated carbocycles. The van der Waals surface area contributed by atoms with Gasteiger partial charge in [-0.1, -0.05) is 0 Å². The van der Waals surface area contributed by atoms with E-state index in [-0.39, 0.29) is 17.5 Å². The van der Waals surface area contributed by atoms with Gasteiger partial charge in [-0.2, -0.15) is 26.3 Å². The Labute approximate surface area is 219 Å². The molecule has 1 spiro atoms. The summed E-state index contributed by atoms with van der Waals surface area (Å²) in [7, 11) is 2.13. The summed E-state index contributed by atoms with van der Waals surface area (Å²) in [5.41, 5.74) is 0.783. The molecule has 0 unspecified atom stereocenters. The number of anilines is 2. The normalized spacial score (nSPS) is 21.4. The summed E-state index contributed by atoms with van der Waals surface area (Å²) in [4.78, 5) is 8.55. The second kappa shape index (κ2) is 10.3. The van der Waals surface area contributed by atoms with E-state index >= 15 is 0 Å². The van der Waals surface area contributed by atoms with Crippen LogP contribution in [0.4, 0.5) is 37.7 Å². The Bertz CT molecular complexity index is 1100. The van der Waals surface area contributed by atoms with Gasteiger partial charge in [0, 0.05) is 57.2 Å². The van der Waals surface area contributed by atoms with Crippen molar-refractivity contribution in [2.24, 2.45) is 5.41 Å². The van der Waals surface area contributed by atoms with Crippen LogP contribution in [0.5, 0.6) is 0 Å². The number of alkyl halides is 6. The SMILES string of the molecule is CN1CCC2(CC1)CCN(c1ccc(C(F)(F)F)c(CN3CCN(c4ccc(C(F)(F)F)cc4)CC3)c1)C2. The molecule has 2 aromatic carbocycles. The molecule has 3 saturated heterocycles. The molecule has 0 bridgehead atoms. The van der Waals surface area contributed by atoms with Gasteiger partial charge in [0.05, 0.1) is 11.1 Å². The molecule has 5 rings (SSSR count). The van der Waals surface area contributed by atoms with Gasteiger partial charge < -0.3 is 14.7 Å². The zero-order valence-electron chi connectivity index (χ0n) is 21.6. The average Bonchev–Trinajstić information content (AvgIpc) is 3.29. The molecule has 2 aromatic rings. The third-order valence-corrected chi connectivity index (χ3v) is 8.57. The molecule has 10 heteroatoms. The van der Waals surface area contributed by atoms with Crippen LogP contribution in [0.2, 0.25) is 0 Å². The second-order valence-electron chi connectivity index (χ2n) is 11.1. The molecule has 3 aliphatic rings. The maximum absolute atomic E-state index is 13.9. The molecule has 0 atom stereocenters. The third-order valence-electron chi connectivity index (χ3n) is 8.57. The van der Waals surface area contributed by atoms with Crippen molar-refractivity contribution >= 4 is 11.4 Å². The smallest absolute Gasteiger partial charge is 0.371 e. The van der Waals surface area contributed by atoms with Crippen molar-refractivity contribution in [3.63, 3.8) is 0 Å². The van der Waals surface area contributed by atoms with Gasteiger partial charge in [-0.3, -0.25) is 4.90 Å². The van der Waals surface area contributed by atoms with Crippen LogP contribution in [0.15, 0.2) is 42.5 Å². The third kappa shape index (κ3) is 5.91. The summed E-state index contributed by atoms with van der Waals surface area (Å²) in [5.74, 6) is 0. The maximum Gasteiger partial charge on any atom is 0.416 e. The summed E-state index contributed by atoms with van der Waals surface area (Å²) in [6.07, 6.45) is -5.50. The van der Waals surface area contributed by atoms with Crippen molar-refractivity contribution in [1.82, 2.24) is 9.80 Å². The highest BCUT2D eigenvalue weighted by Gasteiger charge is 2.41. The Morgan fingerprint density at radius 1 is 0.684 bits per heavy atom. The van der Waals surface area contributed by atoms with Crippen LogP contribution in [0.25, 0.3) is 0 Å². The quantitative estimate of drug-likeness (QED) is 0.443. The first kappa shape index (κ1) is 27.1. The fourth-order valence-electron chi connectivity index (χ4n) is 6.11. The molecule has 208 valence electrons. The number of likely N-dealkylation sites (tertiary alicyclic amines) is 1. The minimum atomic E-state index is -4.43. The second-order valence-corrected chi connectivity index (χ2v) is 11.1. The first-order chi connectivity index (χ1) is 17.9. The van der Waals surface area contributed by atoms with Gasteiger partial charge in [-0.15, -0.1) is 0 Å². The van der Waals surface area contributed by atoms with Crippen LogP contribution in [-0.2, 0) is 18.9 Å². The highest BCUT2D eigenvalue weighted by Crippen LogP contribution is 2.43. The Morgan fingerprint density at radius 3 is 1.89 bits per heavy atom. The molecule has 0 aromatic heterocycles. The monoisotopic (exact) mass is 540 g/mol. The maximum atomic E-state index is 13.9. The van der Waals surface area contributed by atoms with Crippen molar-refractivity contribution in [3.05, 3.63) is 59.2 Å². The molecular weight excluding hydrogens is 506 g/mol. The highest BCUT2D eigenvalue weighted by molar-refractivity contribution is 5.53. The highest BCUT2D eigenvalue weighted by atomic mass is 19.4. The lowest BCUT2D eigenvalue weighted by atomic mass is 9.78. The minimum absolute atomic E-state index is 0.188. The molecule has 0 radical (unpaired) electrons. The Kier molecular flexibility index (Phi) is 7.32. The molecule has 38 heavy (non-hydrogen) atoms.